The van der Waals surface area contributed by atoms with Crippen molar-refractivity contribution >= 4 is 5.91 Å². The van der Waals surface area contributed by atoms with Crippen LogP contribution in [0, 0.1) is 5.92 Å². The van der Waals surface area contributed by atoms with Crippen LogP contribution in [0.4, 0.5) is 0 Å². The van der Waals surface area contributed by atoms with E-state index in [1.54, 1.807) is 0 Å². The number of amides is 1. The van der Waals surface area contributed by atoms with Crippen molar-refractivity contribution in [1.82, 2.24) is 4.90 Å². The minimum Gasteiger partial charge on any atom is -0.339 e. The van der Waals surface area contributed by atoms with Crippen LogP contribution in [0.1, 0.15) is 39.0 Å². The van der Waals surface area contributed by atoms with Crippen molar-refractivity contribution in [2.24, 2.45) is 5.92 Å². The van der Waals surface area contributed by atoms with E-state index >= 15 is 0 Å². The van der Waals surface area contributed by atoms with Gasteiger partial charge in [-0.3, -0.25) is 4.79 Å². The number of unbranched alkanes of at least 4 members (excludes halogenated alkanes) is 2. The molecule has 80 valence electrons. The van der Waals surface area contributed by atoms with Crippen LogP contribution >= 0.6 is 0 Å². The number of nitrogens with zero attached hydrogens (tertiary/aromatic N) is 1. The van der Waals surface area contributed by atoms with Crippen LogP contribution in [0.3, 0.4) is 0 Å². The number of rotatable bonds is 6. The van der Waals surface area contributed by atoms with Crippen LogP contribution in [-0.4, -0.2) is 23.9 Å². The molecule has 1 fully saturated rings. The maximum absolute atomic E-state index is 11.8. The van der Waals surface area contributed by atoms with Crippen molar-refractivity contribution in [2.45, 2.75) is 39.0 Å². The third-order valence-electron chi connectivity index (χ3n) is 2.91. The zero-order chi connectivity index (χ0) is 10.4. The molecule has 2 heteroatoms. The molecule has 1 unspecified atom stereocenters. The van der Waals surface area contributed by atoms with Gasteiger partial charge in [-0.2, -0.15) is 0 Å². The van der Waals surface area contributed by atoms with Gasteiger partial charge in [-0.1, -0.05) is 32.3 Å². The Morgan fingerprint density at radius 1 is 1.57 bits per heavy atom. The van der Waals surface area contributed by atoms with Crippen molar-refractivity contribution in [1.29, 1.82) is 0 Å². The first-order valence-electron chi connectivity index (χ1n) is 5.69. The van der Waals surface area contributed by atoms with Crippen molar-refractivity contribution in [3.63, 3.8) is 0 Å². The molecule has 0 N–H and O–H groups in total. The molecule has 1 amide bonds. The lowest BCUT2D eigenvalue weighted by molar-refractivity contribution is -0.130. The summed E-state index contributed by atoms with van der Waals surface area (Å²) in [5.41, 5.74) is 0. The van der Waals surface area contributed by atoms with Gasteiger partial charge in [0.05, 0.1) is 0 Å². The lowest BCUT2D eigenvalue weighted by Crippen LogP contribution is -2.27. The first-order chi connectivity index (χ1) is 6.79. The largest absolute Gasteiger partial charge is 0.339 e. The highest BCUT2D eigenvalue weighted by Crippen LogP contribution is 2.23. The minimum atomic E-state index is 0.307. The molecule has 1 saturated heterocycles. The second kappa shape index (κ2) is 5.84. The van der Waals surface area contributed by atoms with Crippen LogP contribution in [0.15, 0.2) is 12.7 Å². The van der Waals surface area contributed by atoms with Crippen molar-refractivity contribution < 1.29 is 4.79 Å². The Bertz CT molecular complexity index is 200. The first-order valence-corrected chi connectivity index (χ1v) is 5.69. The maximum atomic E-state index is 11.8. The van der Waals surface area contributed by atoms with Gasteiger partial charge >= 0.3 is 0 Å². The van der Waals surface area contributed by atoms with Crippen LogP contribution < -0.4 is 0 Å². The minimum absolute atomic E-state index is 0.307. The highest BCUT2D eigenvalue weighted by atomic mass is 16.2. The van der Waals surface area contributed by atoms with E-state index in [0.29, 0.717) is 11.8 Å². The topological polar surface area (TPSA) is 20.3 Å². The van der Waals surface area contributed by atoms with Gasteiger partial charge in [-0.05, 0) is 12.8 Å². The van der Waals surface area contributed by atoms with E-state index in [0.717, 1.165) is 25.9 Å². The summed E-state index contributed by atoms with van der Waals surface area (Å²) in [5, 5.41) is 0. The van der Waals surface area contributed by atoms with E-state index in [1.165, 1.54) is 19.3 Å². The summed E-state index contributed by atoms with van der Waals surface area (Å²) in [7, 11) is 0. The molecule has 1 heterocycles. The lowest BCUT2D eigenvalue weighted by atomic mass is 10.0. The molecule has 0 saturated carbocycles. The molecule has 0 radical (unpaired) electrons. The van der Waals surface area contributed by atoms with Gasteiger partial charge in [0.15, 0.2) is 0 Å². The Balaban J connectivity index is 2.28. The number of carbonyl (C=O) groups is 1. The summed E-state index contributed by atoms with van der Waals surface area (Å²) in [5.74, 6) is 0.655. The lowest BCUT2D eigenvalue weighted by Gasteiger charge is -2.13. The Labute approximate surface area is 87.0 Å². The van der Waals surface area contributed by atoms with Gasteiger partial charge in [-0.25, -0.2) is 0 Å². The first kappa shape index (κ1) is 11.3. The second-order valence-corrected chi connectivity index (χ2v) is 4.05. The molecule has 2 nitrogen and oxygen atoms in total. The molecule has 0 aromatic carbocycles. The quantitative estimate of drug-likeness (QED) is 0.471. The SMILES string of the molecule is C=CCN1CCC(CCCCC)C1=O. The van der Waals surface area contributed by atoms with Gasteiger partial charge in [0.2, 0.25) is 5.91 Å². The van der Waals surface area contributed by atoms with Crippen LogP contribution in [0.5, 0.6) is 0 Å². The highest BCUT2D eigenvalue weighted by Gasteiger charge is 2.29. The Kier molecular flexibility index (Phi) is 4.71. The summed E-state index contributed by atoms with van der Waals surface area (Å²) >= 11 is 0. The summed E-state index contributed by atoms with van der Waals surface area (Å²) in [4.78, 5) is 13.7. The Morgan fingerprint density at radius 3 is 3.00 bits per heavy atom. The molecule has 0 spiro atoms. The van der Waals surface area contributed by atoms with E-state index in [9.17, 15) is 4.79 Å². The van der Waals surface area contributed by atoms with Gasteiger partial charge < -0.3 is 4.90 Å². The molecular formula is C12H21NO. The fourth-order valence-electron chi connectivity index (χ4n) is 2.05. The number of carbonyl (C=O) groups excluding carboxylic acids is 1. The summed E-state index contributed by atoms with van der Waals surface area (Å²) < 4.78 is 0. The second-order valence-electron chi connectivity index (χ2n) is 4.05. The average molecular weight is 195 g/mol. The van der Waals surface area contributed by atoms with Gasteiger partial charge in [0.1, 0.15) is 0 Å². The van der Waals surface area contributed by atoms with E-state index in [1.807, 2.05) is 11.0 Å². The molecule has 1 aliphatic heterocycles. The van der Waals surface area contributed by atoms with Gasteiger partial charge in [-0.15, -0.1) is 6.58 Å². The predicted molar refractivity (Wildman–Crippen MR) is 59.0 cm³/mol. The normalized spacial score (nSPS) is 21.6. The third kappa shape index (κ3) is 2.86. The number of hydrogen-bond donors (Lipinski definition) is 0. The molecular weight excluding hydrogens is 174 g/mol. The van der Waals surface area contributed by atoms with Crippen LogP contribution in [0.2, 0.25) is 0 Å². The summed E-state index contributed by atoms with van der Waals surface area (Å²) in [6, 6.07) is 0. The van der Waals surface area contributed by atoms with E-state index in [2.05, 4.69) is 13.5 Å². The zero-order valence-corrected chi connectivity index (χ0v) is 9.17. The summed E-state index contributed by atoms with van der Waals surface area (Å²) in [6.07, 6.45) is 7.64. The van der Waals surface area contributed by atoms with Gasteiger partial charge in [0, 0.05) is 19.0 Å². The van der Waals surface area contributed by atoms with Crippen molar-refractivity contribution in [2.75, 3.05) is 13.1 Å². The monoisotopic (exact) mass is 195 g/mol. The third-order valence-corrected chi connectivity index (χ3v) is 2.91. The van der Waals surface area contributed by atoms with E-state index in [4.69, 9.17) is 0 Å². The standard InChI is InChI=1S/C12H21NO/c1-3-5-6-7-11-8-10-13(9-4-2)12(11)14/h4,11H,2-3,5-10H2,1H3. The molecule has 0 bridgehead atoms. The number of likely N-dealkylation sites (tertiary alicyclic amines) is 1. The maximum Gasteiger partial charge on any atom is 0.226 e. The fraction of sp³-hybridized carbons (Fsp3) is 0.750. The molecule has 14 heavy (non-hydrogen) atoms. The van der Waals surface area contributed by atoms with Crippen LogP contribution in [-0.2, 0) is 4.79 Å². The van der Waals surface area contributed by atoms with Gasteiger partial charge in [0.25, 0.3) is 0 Å². The molecule has 1 rings (SSSR count). The highest BCUT2D eigenvalue weighted by molar-refractivity contribution is 5.80. The average Bonchev–Trinajstić information content (AvgIpc) is 2.51. The van der Waals surface area contributed by atoms with E-state index in [-0.39, 0.29) is 0 Å². The molecule has 0 aromatic heterocycles. The Morgan fingerprint density at radius 2 is 2.36 bits per heavy atom. The summed E-state index contributed by atoms with van der Waals surface area (Å²) in [6.45, 7) is 7.52. The van der Waals surface area contributed by atoms with Crippen molar-refractivity contribution in [3.05, 3.63) is 12.7 Å². The number of hydrogen-bond acceptors (Lipinski definition) is 1. The fourth-order valence-corrected chi connectivity index (χ4v) is 2.05. The van der Waals surface area contributed by atoms with Crippen molar-refractivity contribution in [3.8, 4) is 0 Å². The molecule has 1 atom stereocenters. The molecule has 0 aliphatic carbocycles. The molecule has 0 aromatic rings. The molecule has 1 aliphatic rings. The Hall–Kier alpha value is -0.790. The zero-order valence-electron chi connectivity index (χ0n) is 9.17. The smallest absolute Gasteiger partial charge is 0.226 e. The predicted octanol–water partition coefficient (Wildman–Crippen LogP) is 2.60. The van der Waals surface area contributed by atoms with E-state index < -0.39 is 0 Å². The van der Waals surface area contributed by atoms with Crippen LogP contribution in [0.25, 0.3) is 0 Å².